The minimum absolute atomic E-state index is 0.0697. The van der Waals surface area contributed by atoms with Crippen LogP contribution in [0.1, 0.15) is 11.6 Å². The van der Waals surface area contributed by atoms with Gasteiger partial charge in [0.05, 0.1) is 11.7 Å². The molecule has 0 aliphatic carbocycles. The Hall–Kier alpha value is -1.72. The Morgan fingerprint density at radius 2 is 1.64 bits per heavy atom. The highest BCUT2D eigenvalue weighted by atomic mass is 35.5. The highest BCUT2D eigenvalue weighted by Gasteiger charge is 2.17. The molecule has 22 heavy (non-hydrogen) atoms. The maximum Gasteiger partial charge on any atom is 0.196 e. The summed E-state index contributed by atoms with van der Waals surface area (Å²) in [6.45, 7) is 0.330. The monoisotopic (exact) mass is 328 g/mol. The van der Waals surface area contributed by atoms with Crippen LogP contribution in [0, 0.1) is 17.5 Å². The summed E-state index contributed by atoms with van der Waals surface area (Å²) in [5.74, 6) is -3.89. The minimum Gasteiger partial charge on any atom is -0.381 e. The summed E-state index contributed by atoms with van der Waals surface area (Å²) in [6.07, 6.45) is 0. The largest absolute Gasteiger partial charge is 0.381 e. The lowest BCUT2D eigenvalue weighted by Crippen LogP contribution is -2.27. The molecule has 0 bridgehead atoms. The Bertz CT molecular complexity index is 645. The van der Waals surface area contributed by atoms with Gasteiger partial charge in [0, 0.05) is 11.6 Å². The van der Waals surface area contributed by atoms with Crippen molar-refractivity contribution in [2.75, 3.05) is 26.0 Å². The van der Waals surface area contributed by atoms with Gasteiger partial charge in [0.15, 0.2) is 17.5 Å². The van der Waals surface area contributed by atoms with Crippen molar-refractivity contribution in [1.82, 2.24) is 4.90 Å². The van der Waals surface area contributed by atoms with Gasteiger partial charge in [0.1, 0.15) is 0 Å². The first-order chi connectivity index (χ1) is 10.4. The average Bonchev–Trinajstić information content (AvgIpc) is 2.48. The average molecular weight is 329 g/mol. The molecule has 2 aromatic rings. The van der Waals surface area contributed by atoms with E-state index >= 15 is 0 Å². The number of anilines is 1. The van der Waals surface area contributed by atoms with Crippen LogP contribution in [-0.2, 0) is 0 Å². The SMILES string of the molecule is CN(C)C(CNc1ccc(F)c(F)c1F)c1ccc(Cl)cc1. The summed E-state index contributed by atoms with van der Waals surface area (Å²) < 4.78 is 39.8. The predicted octanol–water partition coefficient (Wildman–Crippen LogP) is 4.47. The summed E-state index contributed by atoms with van der Waals surface area (Å²) in [4.78, 5) is 1.94. The Labute approximate surface area is 132 Å². The van der Waals surface area contributed by atoms with Crippen LogP contribution in [0.2, 0.25) is 5.02 Å². The summed E-state index contributed by atoms with van der Waals surface area (Å²) in [5.41, 5.74) is 0.907. The van der Waals surface area contributed by atoms with E-state index < -0.39 is 17.5 Å². The van der Waals surface area contributed by atoms with Gasteiger partial charge in [0.25, 0.3) is 0 Å². The maximum absolute atomic E-state index is 13.7. The van der Waals surface area contributed by atoms with Crippen molar-refractivity contribution in [2.24, 2.45) is 0 Å². The van der Waals surface area contributed by atoms with E-state index in [4.69, 9.17) is 11.6 Å². The molecular formula is C16H16ClF3N2. The van der Waals surface area contributed by atoms with Crippen LogP contribution >= 0.6 is 11.6 Å². The van der Waals surface area contributed by atoms with Gasteiger partial charge in [-0.2, -0.15) is 0 Å². The van der Waals surface area contributed by atoms with Gasteiger partial charge in [-0.15, -0.1) is 0 Å². The van der Waals surface area contributed by atoms with Crippen molar-refractivity contribution in [2.45, 2.75) is 6.04 Å². The van der Waals surface area contributed by atoms with Crippen molar-refractivity contribution >= 4 is 17.3 Å². The van der Waals surface area contributed by atoms with Gasteiger partial charge in [-0.05, 0) is 43.9 Å². The van der Waals surface area contributed by atoms with Crippen LogP contribution in [0.25, 0.3) is 0 Å². The molecule has 0 heterocycles. The second kappa shape index (κ2) is 7.03. The summed E-state index contributed by atoms with van der Waals surface area (Å²) in [5, 5.41) is 3.44. The lowest BCUT2D eigenvalue weighted by molar-refractivity contribution is 0.311. The third kappa shape index (κ3) is 3.72. The fourth-order valence-corrected chi connectivity index (χ4v) is 2.28. The van der Waals surface area contributed by atoms with E-state index in [0.29, 0.717) is 11.6 Å². The number of benzene rings is 2. The molecule has 0 amide bonds. The number of halogens is 4. The van der Waals surface area contributed by atoms with E-state index in [9.17, 15) is 13.2 Å². The molecule has 2 rings (SSSR count). The number of hydrogen-bond acceptors (Lipinski definition) is 2. The number of likely N-dealkylation sites (N-methyl/N-ethyl adjacent to an activating group) is 1. The zero-order chi connectivity index (χ0) is 16.3. The Morgan fingerprint density at radius 1 is 1.00 bits per heavy atom. The van der Waals surface area contributed by atoms with Crippen LogP contribution in [0.5, 0.6) is 0 Å². The van der Waals surface area contributed by atoms with Gasteiger partial charge in [-0.3, -0.25) is 0 Å². The zero-order valence-corrected chi connectivity index (χ0v) is 13.0. The number of rotatable bonds is 5. The minimum atomic E-state index is -1.47. The predicted molar refractivity (Wildman–Crippen MR) is 82.7 cm³/mol. The van der Waals surface area contributed by atoms with E-state index in [0.717, 1.165) is 11.6 Å². The third-order valence-corrected chi connectivity index (χ3v) is 3.65. The van der Waals surface area contributed by atoms with E-state index in [1.165, 1.54) is 6.07 Å². The topological polar surface area (TPSA) is 15.3 Å². The van der Waals surface area contributed by atoms with E-state index in [2.05, 4.69) is 5.32 Å². The first-order valence-corrected chi connectivity index (χ1v) is 7.07. The smallest absolute Gasteiger partial charge is 0.196 e. The maximum atomic E-state index is 13.7. The molecule has 0 saturated heterocycles. The molecule has 1 unspecified atom stereocenters. The van der Waals surface area contributed by atoms with Gasteiger partial charge >= 0.3 is 0 Å². The van der Waals surface area contributed by atoms with Crippen molar-refractivity contribution in [1.29, 1.82) is 0 Å². The quantitative estimate of drug-likeness (QED) is 0.815. The van der Waals surface area contributed by atoms with Crippen LogP contribution in [0.3, 0.4) is 0 Å². The van der Waals surface area contributed by atoms with Crippen molar-refractivity contribution in [3.05, 3.63) is 64.4 Å². The second-order valence-electron chi connectivity index (χ2n) is 5.13. The fourth-order valence-electron chi connectivity index (χ4n) is 2.15. The molecule has 1 atom stereocenters. The third-order valence-electron chi connectivity index (χ3n) is 3.40. The van der Waals surface area contributed by atoms with Gasteiger partial charge in [0.2, 0.25) is 0 Å². The van der Waals surface area contributed by atoms with E-state index in [-0.39, 0.29) is 11.7 Å². The van der Waals surface area contributed by atoms with Crippen molar-refractivity contribution in [3.63, 3.8) is 0 Å². The lowest BCUT2D eigenvalue weighted by Gasteiger charge is -2.25. The molecule has 0 aromatic heterocycles. The number of nitrogens with zero attached hydrogens (tertiary/aromatic N) is 1. The number of hydrogen-bond donors (Lipinski definition) is 1. The first-order valence-electron chi connectivity index (χ1n) is 6.69. The van der Waals surface area contributed by atoms with Crippen LogP contribution in [-0.4, -0.2) is 25.5 Å². The molecule has 0 aliphatic rings. The second-order valence-corrected chi connectivity index (χ2v) is 5.57. The summed E-state index contributed by atoms with van der Waals surface area (Å²) in [7, 11) is 3.76. The molecule has 2 nitrogen and oxygen atoms in total. The molecule has 0 saturated carbocycles. The Kier molecular flexibility index (Phi) is 5.32. The van der Waals surface area contributed by atoms with Gasteiger partial charge in [-0.1, -0.05) is 23.7 Å². The lowest BCUT2D eigenvalue weighted by atomic mass is 10.1. The van der Waals surface area contributed by atoms with Crippen LogP contribution in [0.4, 0.5) is 18.9 Å². The Balaban J connectivity index is 2.16. The van der Waals surface area contributed by atoms with Gasteiger partial charge < -0.3 is 10.2 Å². The normalized spacial score (nSPS) is 12.5. The van der Waals surface area contributed by atoms with E-state index in [1.54, 1.807) is 12.1 Å². The van der Waals surface area contributed by atoms with Crippen molar-refractivity contribution in [3.8, 4) is 0 Å². The van der Waals surface area contributed by atoms with Crippen molar-refractivity contribution < 1.29 is 13.2 Å². The molecule has 6 heteroatoms. The highest BCUT2D eigenvalue weighted by Crippen LogP contribution is 2.24. The molecule has 0 fully saturated rings. The molecular weight excluding hydrogens is 313 g/mol. The molecule has 0 radical (unpaired) electrons. The molecule has 2 aromatic carbocycles. The zero-order valence-electron chi connectivity index (χ0n) is 12.2. The summed E-state index contributed by atoms with van der Waals surface area (Å²) >= 11 is 5.87. The molecule has 1 N–H and O–H groups in total. The molecule has 0 aliphatic heterocycles. The summed E-state index contributed by atoms with van der Waals surface area (Å²) in [6, 6.07) is 9.28. The Morgan fingerprint density at radius 3 is 2.23 bits per heavy atom. The van der Waals surface area contributed by atoms with Gasteiger partial charge in [-0.25, -0.2) is 13.2 Å². The number of nitrogens with one attached hydrogen (secondary N) is 1. The van der Waals surface area contributed by atoms with Crippen LogP contribution in [0.15, 0.2) is 36.4 Å². The standard InChI is InChI=1S/C16H16ClF3N2/c1-22(2)14(10-3-5-11(17)6-4-10)9-21-13-8-7-12(18)15(19)16(13)20/h3-8,14,21H,9H2,1-2H3. The van der Waals surface area contributed by atoms with Crippen LogP contribution < -0.4 is 5.32 Å². The highest BCUT2D eigenvalue weighted by molar-refractivity contribution is 6.30. The molecule has 118 valence electrons. The first kappa shape index (κ1) is 16.6. The van der Waals surface area contributed by atoms with E-state index in [1.807, 2.05) is 31.1 Å². The fraction of sp³-hybridized carbons (Fsp3) is 0.250. The molecule has 0 spiro atoms.